The molecule has 0 radical (unpaired) electrons. The molecule has 2 aliphatic rings. The number of alkyl halides is 3. The van der Waals surface area contributed by atoms with Gasteiger partial charge in [0.15, 0.2) is 24.2 Å². The Labute approximate surface area is 247 Å². The molecule has 0 bridgehead atoms. The topological polar surface area (TPSA) is 133 Å². The van der Waals surface area contributed by atoms with Gasteiger partial charge in [0, 0.05) is 30.8 Å². The van der Waals surface area contributed by atoms with Crippen molar-refractivity contribution in [3.63, 3.8) is 0 Å². The first-order chi connectivity index (χ1) is 19.9. The van der Waals surface area contributed by atoms with Crippen molar-refractivity contribution in [2.24, 2.45) is 5.16 Å². The third-order valence-corrected chi connectivity index (χ3v) is 8.34. The summed E-state index contributed by atoms with van der Waals surface area (Å²) in [4.78, 5) is 31.3. The number of oxime groups is 1. The van der Waals surface area contributed by atoms with E-state index in [0.717, 1.165) is 17.5 Å². The Morgan fingerprint density at radius 1 is 1.21 bits per heavy atom. The van der Waals surface area contributed by atoms with Gasteiger partial charge in [-0.05, 0) is 25.0 Å². The summed E-state index contributed by atoms with van der Waals surface area (Å²) in [5.74, 6) is -0.287. The molecule has 4 heterocycles. The van der Waals surface area contributed by atoms with Crippen LogP contribution in [0.15, 0.2) is 41.1 Å². The molecule has 0 N–H and O–H groups in total. The number of hydrogen-bond acceptors (Lipinski definition) is 11. The third kappa shape index (κ3) is 7.10. The van der Waals surface area contributed by atoms with Crippen molar-refractivity contribution in [2.75, 3.05) is 26.0 Å². The van der Waals surface area contributed by atoms with E-state index in [9.17, 15) is 26.4 Å². The van der Waals surface area contributed by atoms with E-state index in [1.54, 1.807) is 17.0 Å². The van der Waals surface area contributed by atoms with Crippen molar-refractivity contribution in [3.05, 3.63) is 63.0 Å². The maximum absolute atomic E-state index is 12.6. The van der Waals surface area contributed by atoms with Crippen molar-refractivity contribution in [1.82, 2.24) is 19.9 Å². The first-order valence-electron chi connectivity index (χ1n) is 12.5. The SMILES string of the molecule is CS(=O)(=O)Oc1cccc(Cl)c1C1CC(c2csc(C3CCN(C(=O)COc4cnc(C(F)(F)F)cn4)CC3)n2)=NO1. The van der Waals surface area contributed by atoms with Gasteiger partial charge in [0.25, 0.3) is 5.91 Å². The van der Waals surface area contributed by atoms with Crippen LogP contribution >= 0.6 is 22.9 Å². The smallest absolute Gasteiger partial charge is 0.434 e. The second-order valence-electron chi connectivity index (χ2n) is 9.53. The maximum Gasteiger partial charge on any atom is 0.434 e. The largest absolute Gasteiger partial charge is 0.466 e. The van der Waals surface area contributed by atoms with Gasteiger partial charge in [-0.25, -0.2) is 15.0 Å². The number of aromatic nitrogens is 3. The van der Waals surface area contributed by atoms with E-state index in [1.807, 2.05) is 5.38 Å². The highest BCUT2D eigenvalue weighted by Gasteiger charge is 2.34. The number of nitrogens with zero attached hydrogens (tertiary/aromatic N) is 5. The molecular formula is C25H23ClF3N5O6S2. The average Bonchev–Trinajstić information content (AvgIpc) is 3.61. The van der Waals surface area contributed by atoms with E-state index in [4.69, 9.17) is 30.3 Å². The van der Waals surface area contributed by atoms with Gasteiger partial charge in [-0.2, -0.15) is 21.6 Å². The summed E-state index contributed by atoms with van der Waals surface area (Å²) >= 11 is 7.82. The summed E-state index contributed by atoms with van der Waals surface area (Å²) in [6, 6.07) is 4.69. The Kier molecular flexibility index (Phi) is 8.57. The Morgan fingerprint density at radius 3 is 2.64 bits per heavy atom. The Hall–Kier alpha value is -3.50. The van der Waals surface area contributed by atoms with Crippen LogP contribution < -0.4 is 8.92 Å². The fraction of sp³-hybridized carbons (Fsp3) is 0.400. The predicted octanol–water partition coefficient (Wildman–Crippen LogP) is 4.59. The van der Waals surface area contributed by atoms with Gasteiger partial charge in [-0.1, -0.05) is 22.8 Å². The van der Waals surface area contributed by atoms with Crippen LogP contribution in [0.5, 0.6) is 11.6 Å². The van der Waals surface area contributed by atoms with Crippen molar-refractivity contribution in [2.45, 2.75) is 37.5 Å². The lowest BCUT2D eigenvalue weighted by atomic mass is 9.97. The molecule has 42 heavy (non-hydrogen) atoms. The fourth-order valence-corrected chi connectivity index (χ4v) is 6.26. The highest BCUT2D eigenvalue weighted by Crippen LogP contribution is 2.40. The second kappa shape index (κ2) is 12.0. The molecule has 1 unspecified atom stereocenters. The Morgan fingerprint density at radius 2 is 1.98 bits per heavy atom. The molecule has 0 spiro atoms. The molecule has 0 aliphatic carbocycles. The van der Waals surface area contributed by atoms with Crippen LogP contribution in [0.3, 0.4) is 0 Å². The van der Waals surface area contributed by atoms with Gasteiger partial charge in [0.1, 0.15) is 5.71 Å². The average molecular weight is 646 g/mol. The number of carbonyl (C=O) groups excluding carboxylic acids is 1. The van der Waals surface area contributed by atoms with E-state index in [0.29, 0.717) is 55.5 Å². The molecule has 224 valence electrons. The zero-order chi connectivity index (χ0) is 30.1. The van der Waals surface area contributed by atoms with E-state index < -0.39 is 28.1 Å². The Balaban J connectivity index is 1.14. The first-order valence-corrected chi connectivity index (χ1v) is 15.6. The highest BCUT2D eigenvalue weighted by atomic mass is 35.5. The lowest BCUT2D eigenvalue weighted by Crippen LogP contribution is -2.40. The van der Waals surface area contributed by atoms with Gasteiger partial charge in [0.2, 0.25) is 5.88 Å². The summed E-state index contributed by atoms with van der Waals surface area (Å²) in [6.45, 7) is 0.555. The molecule has 5 rings (SSSR count). The van der Waals surface area contributed by atoms with E-state index in [2.05, 4.69) is 15.1 Å². The number of likely N-dealkylation sites (tertiary alicyclic amines) is 1. The molecule has 1 fully saturated rings. The van der Waals surface area contributed by atoms with Crippen LogP contribution in [0.2, 0.25) is 5.02 Å². The lowest BCUT2D eigenvalue weighted by molar-refractivity contribution is -0.141. The monoisotopic (exact) mass is 645 g/mol. The zero-order valence-corrected chi connectivity index (χ0v) is 24.3. The number of piperidine rings is 1. The number of ether oxygens (including phenoxy) is 1. The molecule has 1 aromatic carbocycles. The van der Waals surface area contributed by atoms with Crippen LogP contribution in [0, 0.1) is 0 Å². The van der Waals surface area contributed by atoms with Crippen LogP contribution in [-0.4, -0.2) is 65.8 Å². The third-order valence-electron chi connectivity index (χ3n) is 6.52. The number of amides is 1. The number of hydrogen-bond donors (Lipinski definition) is 0. The first kappa shape index (κ1) is 30.0. The van der Waals surface area contributed by atoms with Crippen molar-refractivity contribution in [1.29, 1.82) is 0 Å². The van der Waals surface area contributed by atoms with Gasteiger partial charge >= 0.3 is 16.3 Å². The summed E-state index contributed by atoms with van der Waals surface area (Å²) < 4.78 is 71.6. The zero-order valence-electron chi connectivity index (χ0n) is 21.9. The van der Waals surface area contributed by atoms with E-state index in [-0.39, 0.29) is 35.1 Å². The number of carbonyl (C=O) groups is 1. The molecule has 1 saturated heterocycles. The number of rotatable bonds is 8. The lowest BCUT2D eigenvalue weighted by Gasteiger charge is -2.31. The van der Waals surface area contributed by atoms with Gasteiger partial charge in [-0.3, -0.25) is 4.79 Å². The van der Waals surface area contributed by atoms with Crippen LogP contribution in [0.4, 0.5) is 13.2 Å². The molecular weight excluding hydrogens is 623 g/mol. The van der Waals surface area contributed by atoms with Crippen molar-refractivity contribution < 1.29 is 40.1 Å². The highest BCUT2D eigenvalue weighted by molar-refractivity contribution is 7.86. The van der Waals surface area contributed by atoms with E-state index >= 15 is 0 Å². The van der Waals surface area contributed by atoms with Crippen LogP contribution in [-0.2, 0) is 25.9 Å². The molecule has 1 amide bonds. The molecule has 2 aliphatic heterocycles. The number of benzene rings is 1. The summed E-state index contributed by atoms with van der Waals surface area (Å²) in [5.41, 5.74) is 0.462. The van der Waals surface area contributed by atoms with Crippen LogP contribution in [0.25, 0.3) is 0 Å². The van der Waals surface area contributed by atoms with Crippen molar-refractivity contribution in [3.8, 4) is 11.6 Å². The minimum atomic E-state index is -4.61. The molecule has 0 saturated carbocycles. The van der Waals surface area contributed by atoms with Gasteiger partial charge < -0.3 is 18.7 Å². The minimum absolute atomic E-state index is 0.0735. The second-order valence-corrected chi connectivity index (χ2v) is 12.4. The Bertz CT molecular complexity index is 1590. The number of halogens is 4. The quantitative estimate of drug-likeness (QED) is 0.323. The molecule has 11 nitrogen and oxygen atoms in total. The maximum atomic E-state index is 12.6. The van der Waals surface area contributed by atoms with Crippen molar-refractivity contribution >= 4 is 44.7 Å². The molecule has 3 aromatic rings. The standard InChI is InChI=1S/C25H23ClF3N5O6S2/c1-42(36,37)40-18-4-2-3-15(26)23(18)19-9-16(33-39-19)17-13-41-24(32-17)14-5-7-34(8-6-14)22(35)12-38-21-11-30-20(10-31-21)25(27,28)29/h2-4,10-11,13-14,19H,5-9,12H2,1H3. The molecule has 2 aromatic heterocycles. The summed E-state index contributed by atoms with van der Waals surface area (Å²) in [6.07, 6.45) is -1.30. The van der Waals surface area contributed by atoms with Crippen LogP contribution in [0.1, 0.15) is 53.2 Å². The molecule has 1 atom stereocenters. The molecule has 17 heteroatoms. The normalized spacial score (nSPS) is 18.0. The fourth-order valence-electron chi connectivity index (χ4n) is 4.50. The minimum Gasteiger partial charge on any atom is -0.466 e. The number of thiazole rings is 1. The summed E-state index contributed by atoms with van der Waals surface area (Å²) in [5, 5.41) is 7.21. The van der Waals surface area contributed by atoms with Gasteiger partial charge in [0.05, 0.1) is 39.9 Å². The summed E-state index contributed by atoms with van der Waals surface area (Å²) in [7, 11) is -3.79. The van der Waals surface area contributed by atoms with E-state index in [1.165, 1.54) is 17.4 Å². The predicted molar refractivity (Wildman–Crippen MR) is 145 cm³/mol. The van der Waals surface area contributed by atoms with Gasteiger partial charge in [-0.15, -0.1) is 11.3 Å².